The Bertz CT molecular complexity index is 429. The Kier molecular flexibility index (Phi) is 2.18. The molecule has 14 heavy (non-hydrogen) atoms. The first-order valence-electron chi connectivity index (χ1n) is 4.33. The molecule has 4 nitrogen and oxygen atoms in total. The average molecular weight is 190 g/mol. The summed E-state index contributed by atoms with van der Waals surface area (Å²) < 4.78 is 5.44. The molecule has 2 aromatic rings. The molecule has 2 heterocycles. The van der Waals surface area contributed by atoms with E-state index in [9.17, 15) is 4.79 Å². The zero-order chi connectivity index (χ0) is 9.97. The smallest absolute Gasteiger partial charge is 0.217 e. The van der Waals surface area contributed by atoms with Crippen molar-refractivity contribution >= 4 is 17.0 Å². The molecule has 4 heteroatoms. The zero-order valence-electron chi connectivity index (χ0n) is 7.78. The van der Waals surface area contributed by atoms with Crippen LogP contribution in [0.2, 0.25) is 0 Å². The van der Waals surface area contributed by atoms with Gasteiger partial charge in [0.25, 0.3) is 0 Å². The fraction of sp³-hybridized carbons (Fsp3) is 0.200. The molecule has 0 aliphatic rings. The molecule has 0 saturated heterocycles. The summed E-state index contributed by atoms with van der Waals surface area (Å²) in [4.78, 5) is 14.8. The summed E-state index contributed by atoms with van der Waals surface area (Å²) in [6.07, 6.45) is 1.71. The predicted molar refractivity (Wildman–Crippen MR) is 51.5 cm³/mol. The van der Waals surface area contributed by atoms with Crippen molar-refractivity contribution in [3.8, 4) is 0 Å². The Balaban J connectivity index is 2.22. The number of hydrogen-bond acceptors (Lipinski definition) is 3. The number of amides is 1. The number of pyridine rings is 1. The second-order valence-electron chi connectivity index (χ2n) is 3.01. The average Bonchev–Trinajstić information content (AvgIpc) is 2.57. The van der Waals surface area contributed by atoms with Crippen LogP contribution in [-0.2, 0) is 11.3 Å². The minimum atomic E-state index is -0.0709. The topological polar surface area (TPSA) is 55.1 Å². The summed E-state index contributed by atoms with van der Waals surface area (Å²) in [7, 11) is 0. The lowest BCUT2D eigenvalue weighted by atomic mass is 10.4. The first kappa shape index (κ1) is 8.74. The molecular formula is C10H10N2O2. The van der Waals surface area contributed by atoms with E-state index in [4.69, 9.17) is 4.42 Å². The van der Waals surface area contributed by atoms with E-state index in [0.717, 1.165) is 11.1 Å². The summed E-state index contributed by atoms with van der Waals surface area (Å²) in [5.41, 5.74) is 1.56. The number of carbonyl (C=O) groups excluding carboxylic acids is 1. The monoisotopic (exact) mass is 190 g/mol. The normalized spacial score (nSPS) is 10.4. The summed E-state index contributed by atoms with van der Waals surface area (Å²) in [5, 5.41) is 2.66. The van der Waals surface area contributed by atoms with Crippen molar-refractivity contribution < 1.29 is 9.21 Å². The lowest BCUT2D eigenvalue weighted by Crippen LogP contribution is -2.18. The molecule has 72 valence electrons. The summed E-state index contributed by atoms with van der Waals surface area (Å²) in [5.74, 6) is 0.646. The van der Waals surface area contributed by atoms with Gasteiger partial charge in [0.2, 0.25) is 5.91 Å². The highest BCUT2D eigenvalue weighted by molar-refractivity contribution is 5.74. The van der Waals surface area contributed by atoms with E-state index in [1.54, 1.807) is 6.20 Å². The molecule has 0 radical (unpaired) electrons. The molecule has 0 spiro atoms. The minimum absolute atomic E-state index is 0.0709. The van der Waals surface area contributed by atoms with E-state index < -0.39 is 0 Å². The fourth-order valence-electron chi connectivity index (χ4n) is 1.22. The van der Waals surface area contributed by atoms with Crippen LogP contribution in [0.15, 0.2) is 28.8 Å². The third kappa shape index (κ3) is 1.74. The Hall–Kier alpha value is -1.84. The predicted octanol–water partition coefficient (Wildman–Crippen LogP) is 1.46. The van der Waals surface area contributed by atoms with Crippen LogP contribution in [0.3, 0.4) is 0 Å². The van der Waals surface area contributed by atoms with Gasteiger partial charge in [-0.2, -0.15) is 0 Å². The van der Waals surface area contributed by atoms with Gasteiger partial charge in [-0.1, -0.05) is 0 Å². The molecule has 0 aromatic carbocycles. The largest absolute Gasteiger partial charge is 0.457 e. The van der Waals surface area contributed by atoms with Gasteiger partial charge in [-0.15, -0.1) is 0 Å². The fourth-order valence-corrected chi connectivity index (χ4v) is 1.22. The second-order valence-corrected chi connectivity index (χ2v) is 3.01. The van der Waals surface area contributed by atoms with Crippen molar-refractivity contribution in [2.24, 2.45) is 0 Å². The first-order chi connectivity index (χ1) is 6.75. The van der Waals surface area contributed by atoms with Crippen molar-refractivity contribution in [3.05, 3.63) is 30.2 Å². The van der Waals surface area contributed by atoms with Crippen molar-refractivity contribution in [1.82, 2.24) is 10.3 Å². The molecule has 0 aliphatic heterocycles. The van der Waals surface area contributed by atoms with Crippen LogP contribution in [0.4, 0.5) is 0 Å². The number of carbonyl (C=O) groups is 1. The lowest BCUT2D eigenvalue weighted by Gasteiger charge is -1.95. The quantitative estimate of drug-likeness (QED) is 0.780. The number of rotatable bonds is 2. The molecule has 0 fully saturated rings. The zero-order valence-corrected chi connectivity index (χ0v) is 7.78. The van der Waals surface area contributed by atoms with Gasteiger partial charge in [0.05, 0.1) is 6.54 Å². The first-order valence-corrected chi connectivity index (χ1v) is 4.33. The molecule has 2 aromatic heterocycles. The summed E-state index contributed by atoms with van der Waals surface area (Å²) >= 11 is 0. The van der Waals surface area contributed by atoms with Gasteiger partial charge in [-0.3, -0.25) is 9.78 Å². The van der Waals surface area contributed by atoms with E-state index in [2.05, 4.69) is 10.3 Å². The molecule has 1 N–H and O–H groups in total. The van der Waals surface area contributed by atoms with Gasteiger partial charge in [0, 0.05) is 19.2 Å². The molecule has 0 atom stereocenters. The van der Waals surface area contributed by atoms with Crippen molar-refractivity contribution in [1.29, 1.82) is 0 Å². The summed E-state index contributed by atoms with van der Waals surface area (Å²) in [6.45, 7) is 1.88. The van der Waals surface area contributed by atoms with Gasteiger partial charge in [-0.25, -0.2) is 0 Å². The molecule has 0 unspecified atom stereocenters. The van der Waals surface area contributed by atoms with Gasteiger partial charge < -0.3 is 9.73 Å². The van der Waals surface area contributed by atoms with Crippen molar-refractivity contribution in [2.45, 2.75) is 13.5 Å². The van der Waals surface area contributed by atoms with Gasteiger partial charge in [-0.05, 0) is 12.1 Å². The maximum atomic E-state index is 10.7. The van der Waals surface area contributed by atoms with Crippen LogP contribution >= 0.6 is 0 Å². The Morgan fingerprint density at radius 2 is 2.50 bits per heavy atom. The maximum Gasteiger partial charge on any atom is 0.217 e. The van der Waals surface area contributed by atoms with E-state index >= 15 is 0 Å². The number of fused-ring (bicyclic) bond motifs is 1. The van der Waals surface area contributed by atoms with E-state index in [1.165, 1.54) is 6.92 Å². The van der Waals surface area contributed by atoms with Crippen molar-refractivity contribution in [2.75, 3.05) is 0 Å². The van der Waals surface area contributed by atoms with Gasteiger partial charge in [0.1, 0.15) is 11.3 Å². The molecular weight excluding hydrogens is 180 g/mol. The standard InChI is InChI=1S/C10H10N2O2/c1-7(13)12-6-8-5-9-10(14-8)3-2-4-11-9/h2-5H,6H2,1H3,(H,12,13). The van der Waals surface area contributed by atoms with E-state index in [1.807, 2.05) is 18.2 Å². The van der Waals surface area contributed by atoms with Crippen LogP contribution in [0.5, 0.6) is 0 Å². The highest BCUT2D eigenvalue weighted by Gasteiger charge is 2.03. The number of aromatic nitrogens is 1. The molecule has 2 rings (SSSR count). The van der Waals surface area contributed by atoms with Crippen LogP contribution in [-0.4, -0.2) is 10.9 Å². The number of nitrogens with one attached hydrogen (secondary N) is 1. The number of furan rings is 1. The van der Waals surface area contributed by atoms with Crippen LogP contribution in [0.1, 0.15) is 12.7 Å². The molecule has 0 aliphatic carbocycles. The van der Waals surface area contributed by atoms with Crippen LogP contribution in [0.25, 0.3) is 11.1 Å². The van der Waals surface area contributed by atoms with Crippen LogP contribution < -0.4 is 5.32 Å². The van der Waals surface area contributed by atoms with Gasteiger partial charge in [0.15, 0.2) is 5.58 Å². The third-order valence-corrected chi connectivity index (χ3v) is 1.85. The minimum Gasteiger partial charge on any atom is -0.457 e. The molecule has 0 saturated carbocycles. The number of hydrogen-bond donors (Lipinski definition) is 1. The Labute approximate surface area is 80.9 Å². The SMILES string of the molecule is CC(=O)NCc1cc2ncccc2o1. The van der Waals surface area contributed by atoms with E-state index in [-0.39, 0.29) is 5.91 Å². The van der Waals surface area contributed by atoms with E-state index in [0.29, 0.717) is 12.3 Å². The van der Waals surface area contributed by atoms with Crippen molar-refractivity contribution in [3.63, 3.8) is 0 Å². The number of nitrogens with zero attached hydrogens (tertiary/aromatic N) is 1. The lowest BCUT2D eigenvalue weighted by molar-refractivity contribution is -0.119. The van der Waals surface area contributed by atoms with Crippen LogP contribution in [0, 0.1) is 0 Å². The third-order valence-electron chi connectivity index (χ3n) is 1.85. The molecule has 0 bridgehead atoms. The molecule has 1 amide bonds. The summed E-state index contributed by atoms with van der Waals surface area (Å²) in [6, 6.07) is 5.49. The maximum absolute atomic E-state index is 10.7. The second kappa shape index (κ2) is 3.49. The van der Waals surface area contributed by atoms with Gasteiger partial charge >= 0.3 is 0 Å². The Morgan fingerprint density at radius 3 is 3.21 bits per heavy atom. The Morgan fingerprint density at radius 1 is 1.64 bits per heavy atom. The highest BCUT2D eigenvalue weighted by Crippen LogP contribution is 2.15. The highest BCUT2D eigenvalue weighted by atomic mass is 16.3.